The molecule has 0 amide bonds. The fourth-order valence-electron chi connectivity index (χ4n) is 4.57. The molecule has 1 unspecified atom stereocenters. The van der Waals surface area contributed by atoms with Crippen LogP contribution in [-0.2, 0) is 9.53 Å². The molecule has 4 rings (SSSR count). The molecule has 9 nitrogen and oxygen atoms in total. The minimum absolute atomic E-state index is 0.280. The minimum atomic E-state index is -0.774. The zero-order valence-corrected chi connectivity index (χ0v) is 25.3. The fraction of sp³-hybridized carbons (Fsp3) is 0.387. The van der Waals surface area contributed by atoms with E-state index in [0.29, 0.717) is 55.8 Å². The van der Waals surface area contributed by atoms with Crippen molar-refractivity contribution in [3.8, 4) is 23.0 Å². The first-order valence-corrected chi connectivity index (χ1v) is 14.3. The standard InChI is InChI=1S/C31H36N2O7S/c1-8-9-14-39-23-13-11-21(17-25(23)38-7)28-27(30(35)40-18(2)3)19(4)32-31-33(28)29(34)26(41-31)16-20-10-12-22(36-5)24(15-20)37-6/h10-13,15-18,28H,8-9,14H2,1-7H3/b26-16-. The van der Waals surface area contributed by atoms with Crippen molar-refractivity contribution in [1.29, 1.82) is 0 Å². The van der Waals surface area contributed by atoms with Crippen molar-refractivity contribution in [3.63, 3.8) is 0 Å². The number of allylic oxidation sites excluding steroid dienone is 1. The van der Waals surface area contributed by atoms with Gasteiger partial charge in [-0.3, -0.25) is 9.36 Å². The summed E-state index contributed by atoms with van der Waals surface area (Å²) in [5.74, 6) is 1.72. The fourth-order valence-corrected chi connectivity index (χ4v) is 5.62. The third-order valence-electron chi connectivity index (χ3n) is 6.55. The van der Waals surface area contributed by atoms with Crippen molar-refractivity contribution in [2.24, 2.45) is 4.99 Å². The maximum Gasteiger partial charge on any atom is 0.338 e. The first kappa shape index (κ1) is 29.9. The average molecular weight is 581 g/mol. The summed E-state index contributed by atoms with van der Waals surface area (Å²) in [6.45, 7) is 7.98. The Bertz CT molecular complexity index is 1630. The van der Waals surface area contributed by atoms with Gasteiger partial charge in [0.1, 0.15) is 0 Å². The lowest BCUT2D eigenvalue weighted by atomic mass is 9.95. The van der Waals surface area contributed by atoms with E-state index in [0.717, 1.165) is 18.4 Å². The second-order valence-electron chi connectivity index (χ2n) is 9.76. The molecule has 10 heteroatoms. The molecule has 0 bridgehead atoms. The molecule has 1 aromatic heterocycles. The number of fused-ring (bicyclic) bond motifs is 1. The Balaban J connectivity index is 1.89. The highest BCUT2D eigenvalue weighted by atomic mass is 32.1. The van der Waals surface area contributed by atoms with Crippen LogP contribution < -0.4 is 33.8 Å². The third kappa shape index (κ3) is 6.32. The van der Waals surface area contributed by atoms with Crippen molar-refractivity contribution in [3.05, 3.63) is 78.5 Å². The maximum absolute atomic E-state index is 14.0. The van der Waals surface area contributed by atoms with Gasteiger partial charge < -0.3 is 23.7 Å². The molecule has 218 valence electrons. The summed E-state index contributed by atoms with van der Waals surface area (Å²) in [6, 6.07) is 10.1. The van der Waals surface area contributed by atoms with Crippen LogP contribution in [0.1, 0.15) is 57.7 Å². The number of rotatable bonds is 11. The summed E-state index contributed by atoms with van der Waals surface area (Å²) in [6.07, 6.45) is 3.35. The van der Waals surface area contributed by atoms with Crippen molar-refractivity contribution >= 4 is 23.4 Å². The normalized spacial score (nSPS) is 14.9. The summed E-state index contributed by atoms with van der Waals surface area (Å²) in [4.78, 5) is 32.5. The Morgan fingerprint density at radius 2 is 1.71 bits per heavy atom. The first-order valence-electron chi connectivity index (χ1n) is 13.5. The van der Waals surface area contributed by atoms with Gasteiger partial charge in [-0.05, 0) is 68.7 Å². The van der Waals surface area contributed by atoms with Crippen molar-refractivity contribution < 1.29 is 28.5 Å². The number of thiazole rings is 1. The molecule has 0 fully saturated rings. The predicted molar refractivity (Wildman–Crippen MR) is 158 cm³/mol. The van der Waals surface area contributed by atoms with E-state index in [1.807, 2.05) is 18.2 Å². The zero-order valence-electron chi connectivity index (χ0n) is 24.5. The Hall–Kier alpha value is -4.05. The van der Waals surface area contributed by atoms with Gasteiger partial charge in [-0.2, -0.15) is 0 Å². The number of carbonyl (C=O) groups is 1. The molecule has 0 spiro atoms. The van der Waals surface area contributed by atoms with Crippen LogP contribution in [0.2, 0.25) is 0 Å². The topological polar surface area (TPSA) is 97.6 Å². The quantitative estimate of drug-likeness (QED) is 0.245. The summed E-state index contributed by atoms with van der Waals surface area (Å²) < 4.78 is 29.9. The van der Waals surface area contributed by atoms with E-state index in [1.165, 1.54) is 11.3 Å². The molecule has 1 atom stereocenters. The largest absolute Gasteiger partial charge is 0.493 e. The van der Waals surface area contributed by atoms with Gasteiger partial charge in [0, 0.05) is 0 Å². The van der Waals surface area contributed by atoms with Gasteiger partial charge in [0.15, 0.2) is 27.8 Å². The Kier molecular flexibility index (Phi) is 9.54. The van der Waals surface area contributed by atoms with Crippen LogP contribution in [-0.4, -0.2) is 44.6 Å². The molecular formula is C31H36N2O7S. The van der Waals surface area contributed by atoms with Crippen molar-refractivity contribution in [1.82, 2.24) is 4.57 Å². The van der Waals surface area contributed by atoms with Crippen LogP contribution in [0.15, 0.2) is 57.5 Å². The highest BCUT2D eigenvalue weighted by Crippen LogP contribution is 2.36. The Morgan fingerprint density at radius 3 is 2.37 bits per heavy atom. The SMILES string of the molecule is CCCCOc1ccc(C2C(C(=O)OC(C)C)=C(C)N=c3s/c(=C\c4ccc(OC)c(OC)c4)c(=O)n32)cc1OC. The maximum atomic E-state index is 14.0. The van der Waals surface area contributed by atoms with Crippen molar-refractivity contribution in [2.75, 3.05) is 27.9 Å². The lowest BCUT2D eigenvalue weighted by Gasteiger charge is -2.26. The van der Waals surface area contributed by atoms with Gasteiger partial charge in [0.25, 0.3) is 5.56 Å². The van der Waals surface area contributed by atoms with Gasteiger partial charge in [-0.15, -0.1) is 0 Å². The molecule has 0 saturated carbocycles. The van der Waals surface area contributed by atoms with Gasteiger partial charge >= 0.3 is 5.97 Å². The van der Waals surface area contributed by atoms with Crippen molar-refractivity contribution in [2.45, 2.75) is 52.7 Å². The number of esters is 1. The van der Waals surface area contributed by atoms with Crippen LogP contribution in [0.25, 0.3) is 6.08 Å². The van der Waals surface area contributed by atoms with Crippen LogP contribution in [0.5, 0.6) is 23.0 Å². The molecule has 1 aliphatic rings. The highest BCUT2D eigenvalue weighted by molar-refractivity contribution is 7.07. The number of hydrogen-bond donors (Lipinski definition) is 0. The molecular weight excluding hydrogens is 544 g/mol. The number of unbranched alkanes of at least 4 members (excludes halogenated alkanes) is 1. The number of nitrogens with zero attached hydrogens (tertiary/aromatic N) is 2. The van der Waals surface area contributed by atoms with Crippen LogP contribution in [0.3, 0.4) is 0 Å². The summed E-state index contributed by atoms with van der Waals surface area (Å²) >= 11 is 1.25. The molecule has 2 heterocycles. The molecule has 3 aromatic rings. The van der Waals surface area contributed by atoms with E-state index in [9.17, 15) is 9.59 Å². The van der Waals surface area contributed by atoms with E-state index in [1.54, 1.807) is 70.9 Å². The predicted octanol–water partition coefficient (Wildman–Crippen LogP) is 4.39. The number of aromatic nitrogens is 1. The molecule has 0 N–H and O–H groups in total. The van der Waals surface area contributed by atoms with Crippen LogP contribution in [0.4, 0.5) is 0 Å². The molecule has 1 aliphatic heterocycles. The van der Waals surface area contributed by atoms with Gasteiger partial charge in [-0.1, -0.05) is 36.8 Å². The lowest BCUT2D eigenvalue weighted by Crippen LogP contribution is -2.40. The molecule has 0 saturated heterocycles. The van der Waals surface area contributed by atoms with Gasteiger partial charge in [-0.25, -0.2) is 9.79 Å². The second-order valence-corrected chi connectivity index (χ2v) is 10.8. The molecule has 2 aromatic carbocycles. The molecule has 41 heavy (non-hydrogen) atoms. The number of hydrogen-bond acceptors (Lipinski definition) is 9. The van der Waals surface area contributed by atoms with Gasteiger partial charge in [0.2, 0.25) is 0 Å². The first-order chi connectivity index (χ1) is 19.7. The average Bonchev–Trinajstić information content (AvgIpc) is 3.25. The number of benzene rings is 2. The highest BCUT2D eigenvalue weighted by Gasteiger charge is 2.34. The minimum Gasteiger partial charge on any atom is -0.493 e. The van der Waals surface area contributed by atoms with E-state index >= 15 is 0 Å². The smallest absolute Gasteiger partial charge is 0.338 e. The summed E-state index contributed by atoms with van der Waals surface area (Å²) in [5, 5.41) is 0. The Labute approximate surface area is 243 Å². The van der Waals surface area contributed by atoms with E-state index < -0.39 is 12.0 Å². The third-order valence-corrected chi connectivity index (χ3v) is 7.53. The number of ether oxygens (including phenoxy) is 5. The van der Waals surface area contributed by atoms with Crippen LogP contribution >= 0.6 is 11.3 Å². The van der Waals surface area contributed by atoms with Crippen LogP contribution in [0, 0.1) is 0 Å². The summed E-state index contributed by atoms with van der Waals surface area (Å²) in [7, 11) is 4.69. The molecule has 0 radical (unpaired) electrons. The van der Waals surface area contributed by atoms with E-state index in [-0.39, 0.29) is 11.7 Å². The zero-order chi connectivity index (χ0) is 29.7. The van der Waals surface area contributed by atoms with E-state index in [2.05, 4.69) is 11.9 Å². The second kappa shape index (κ2) is 13.1. The number of methoxy groups -OCH3 is 3. The Morgan fingerprint density at radius 1 is 1.02 bits per heavy atom. The van der Waals surface area contributed by atoms with Gasteiger partial charge in [0.05, 0.1) is 55.9 Å². The monoisotopic (exact) mass is 580 g/mol. The summed E-state index contributed by atoms with van der Waals surface area (Å²) in [5.41, 5.74) is 1.94. The lowest BCUT2D eigenvalue weighted by molar-refractivity contribution is -0.143. The number of carbonyl (C=O) groups excluding carboxylic acids is 1. The molecule has 0 aliphatic carbocycles. The van der Waals surface area contributed by atoms with E-state index in [4.69, 9.17) is 23.7 Å².